The fourth-order valence-corrected chi connectivity index (χ4v) is 1.79. The van der Waals surface area contributed by atoms with Crippen LogP contribution in [0.3, 0.4) is 0 Å². The number of furan rings is 1. The molecule has 1 heterocycles. The molecular formula is C13H11BrN2O2. The van der Waals surface area contributed by atoms with E-state index in [-0.39, 0.29) is 6.61 Å². The Kier molecular flexibility index (Phi) is 4.26. The van der Waals surface area contributed by atoms with Crippen LogP contribution in [-0.2, 0) is 6.54 Å². The van der Waals surface area contributed by atoms with Gasteiger partial charge in [0.1, 0.15) is 17.6 Å². The first-order chi connectivity index (χ1) is 8.78. The first kappa shape index (κ1) is 12.5. The number of hydrogen-bond acceptors (Lipinski definition) is 4. The molecule has 1 aromatic heterocycles. The quantitative estimate of drug-likeness (QED) is 0.917. The number of halogens is 1. The molecule has 0 saturated carbocycles. The molecule has 2 aromatic rings. The highest BCUT2D eigenvalue weighted by Crippen LogP contribution is 2.19. The second kappa shape index (κ2) is 6.12. The SMILES string of the molecule is N#CCOc1cccc(NCc2ccc(Br)o2)c1. The Morgan fingerprint density at radius 2 is 2.22 bits per heavy atom. The Bertz CT molecular complexity index is 560. The van der Waals surface area contributed by atoms with Crippen molar-refractivity contribution in [2.75, 3.05) is 11.9 Å². The summed E-state index contributed by atoms with van der Waals surface area (Å²) in [5.41, 5.74) is 0.915. The van der Waals surface area contributed by atoms with E-state index in [0.717, 1.165) is 11.4 Å². The highest BCUT2D eigenvalue weighted by Gasteiger charge is 2.00. The molecule has 0 bridgehead atoms. The number of nitrogens with zero attached hydrogens (tertiary/aromatic N) is 1. The highest BCUT2D eigenvalue weighted by atomic mass is 79.9. The van der Waals surface area contributed by atoms with Gasteiger partial charge in [-0.05, 0) is 40.2 Å². The van der Waals surface area contributed by atoms with Gasteiger partial charge in [0, 0.05) is 11.8 Å². The summed E-state index contributed by atoms with van der Waals surface area (Å²) in [5, 5.41) is 11.7. The highest BCUT2D eigenvalue weighted by molar-refractivity contribution is 9.10. The molecule has 0 spiro atoms. The second-order valence-electron chi connectivity index (χ2n) is 3.53. The lowest BCUT2D eigenvalue weighted by atomic mass is 10.3. The predicted molar refractivity (Wildman–Crippen MR) is 71.3 cm³/mol. The lowest BCUT2D eigenvalue weighted by molar-refractivity contribution is 0.368. The third-order valence-electron chi connectivity index (χ3n) is 2.23. The number of nitrogens with one attached hydrogen (secondary N) is 1. The summed E-state index contributed by atoms with van der Waals surface area (Å²) in [7, 11) is 0. The van der Waals surface area contributed by atoms with Crippen molar-refractivity contribution in [1.29, 1.82) is 5.26 Å². The zero-order valence-corrected chi connectivity index (χ0v) is 11.1. The van der Waals surface area contributed by atoms with Crippen molar-refractivity contribution < 1.29 is 9.15 Å². The molecule has 92 valence electrons. The molecule has 0 aliphatic rings. The topological polar surface area (TPSA) is 58.2 Å². The minimum absolute atomic E-state index is 0.0502. The van der Waals surface area contributed by atoms with Crippen LogP contribution in [0.2, 0.25) is 0 Å². The summed E-state index contributed by atoms with van der Waals surface area (Å²) in [6.45, 7) is 0.641. The second-order valence-corrected chi connectivity index (χ2v) is 4.32. The summed E-state index contributed by atoms with van der Waals surface area (Å²) >= 11 is 3.25. The lowest BCUT2D eigenvalue weighted by Gasteiger charge is -2.07. The maximum atomic E-state index is 8.44. The fourth-order valence-electron chi connectivity index (χ4n) is 1.45. The molecule has 2 rings (SSSR count). The van der Waals surface area contributed by atoms with Crippen molar-refractivity contribution >= 4 is 21.6 Å². The molecule has 1 N–H and O–H groups in total. The first-order valence-corrected chi connectivity index (χ1v) is 6.15. The van der Waals surface area contributed by atoms with Gasteiger partial charge in [-0.1, -0.05) is 6.07 Å². The molecule has 0 saturated heterocycles. The Hall–Kier alpha value is -1.93. The van der Waals surface area contributed by atoms with Crippen molar-refractivity contribution in [1.82, 2.24) is 0 Å². The third kappa shape index (κ3) is 3.54. The van der Waals surface area contributed by atoms with Crippen molar-refractivity contribution in [3.8, 4) is 11.8 Å². The van der Waals surface area contributed by atoms with Gasteiger partial charge < -0.3 is 14.5 Å². The molecule has 0 aliphatic heterocycles. The molecule has 4 nitrogen and oxygen atoms in total. The van der Waals surface area contributed by atoms with Gasteiger partial charge in [0.05, 0.1) is 6.54 Å². The average Bonchev–Trinajstić information content (AvgIpc) is 2.80. The van der Waals surface area contributed by atoms with Crippen LogP contribution in [0.4, 0.5) is 5.69 Å². The van der Waals surface area contributed by atoms with Crippen LogP contribution >= 0.6 is 15.9 Å². The van der Waals surface area contributed by atoms with Gasteiger partial charge in [0.2, 0.25) is 0 Å². The molecule has 0 unspecified atom stereocenters. The van der Waals surface area contributed by atoms with Crippen LogP contribution in [0, 0.1) is 11.3 Å². The van der Waals surface area contributed by atoms with Crippen LogP contribution in [0.5, 0.6) is 5.75 Å². The van der Waals surface area contributed by atoms with E-state index in [9.17, 15) is 0 Å². The van der Waals surface area contributed by atoms with E-state index in [1.54, 1.807) is 0 Å². The summed E-state index contributed by atoms with van der Waals surface area (Å²) in [4.78, 5) is 0. The molecule has 0 fully saturated rings. The van der Waals surface area contributed by atoms with E-state index < -0.39 is 0 Å². The molecule has 18 heavy (non-hydrogen) atoms. The zero-order chi connectivity index (χ0) is 12.8. The average molecular weight is 307 g/mol. The van der Waals surface area contributed by atoms with Gasteiger partial charge in [0.25, 0.3) is 0 Å². The third-order valence-corrected chi connectivity index (χ3v) is 2.66. The van der Waals surface area contributed by atoms with E-state index in [0.29, 0.717) is 17.0 Å². The number of hydrogen-bond donors (Lipinski definition) is 1. The van der Waals surface area contributed by atoms with E-state index in [2.05, 4.69) is 21.2 Å². The van der Waals surface area contributed by atoms with Gasteiger partial charge in [-0.2, -0.15) is 5.26 Å². The van der Waals surface area contributed by atoms with E-state index in [1.165, 1.54) is 0 Å². The molecule has 0 radical (unpaired) electrons. The maximum absolute atomic E-state index is 8.44. The van der Waals surface area contributed by atoms with Crippen LogP contribution in [0.15, 0.2) is 45.5 Å². The maximum Gasteiger partial charge on any atom is 0.174 e. The van der Waals surface area contributed by atoms with Crippen LogP contribution < -0.4 is 10.1 Å². The Morgan fingerprint density at radius 3 is 2.94 bits per heavy atom. The van der Waals surface area contributed by atoms with Crippen molar-refractivity contribution in [3.63, 3.8) is 0 Å². The van der Waals surface area contributed by atoms with Crippen molar-refractivity contribution in [2.45, 2.75) is 6.54 Å². The van der Waals surface area contributed by atoms with Gasteiger partial charge in [-0.15, -0.1) is 0 Å². The number of anilines is 1. The summed E-state index contributed by atoms with van der Waals surface area (Å²) < 4.78 is 11.3. The summed E-state index contributed by atoms with van der Waals surface area (Å²) in [5.74, 6) is 1.51. The monoisotopic (exact) mass is 306 g/mol. The Balaban J connectivity index is 1.95. The number of ether oxygens (including phenoxy) is 1. The fraction of sp³-hybridized carbons (Fsp3) is 0.154. The molecule has 1 aromatic carbocycles. The molecule has 0 atom stereocenters. The summed E-state index contributed by atoms with van der Waals surface area (Å²) in [6.07, 6.45) is 0. The largest absolute Gasteiger partial charge is 0.479 e. The van der Waals surface area contributed by atoms with E-state index >= 15 is 0 Å². The van der Waals surface area contributed by atoms with E-state index in [4.69, 9.17) is 14.4 Å². The molecule has 0 aliphatic carbocycles. The first-order valence-electron chi connectivity index (χ1n) is 5.36. The minimum atomic E-state index is 0.0502. The number of benzene rings is 1. The van der Waals surface area contributed by atoms with Crippen LogP contribution in [-0.4, -0.2) is 6.61 Å². The number of nitriles is 1. The van der Waals surface area contributed by atoms with Crippen molar-refractivity contribution in [2.24, 2.45) is 0 Å². The van der Waals surface area contributed by atoms with Crippen molar-refractivity contribution in [3.05, 3.63) is 46.8 Å². The smallest absolute Gasteiger partial charge is 0.174 e. The summed E-state index contributed by atoms with van der Waals surface area (Å²) in [6, 6.07) is 13.1. The predicted octanol–water partition coefficient (Wildman–Crippen LogP) is 3.56. The van der Waals surface area contributed by atoms with Crippen LogP contribution in [0.1, 0.15) is 5.76 Å². The van der Waals surface area contributed by atoms with Gasteiger partial charge in [-0.25, -0.2) is 0 Å². The minimum Gasteiger partial charge on any atom is -0.479 e. The van der Waals surface area contributed by atoms with Gasteiger partial charge >= 0.3 is 0 Å². The van der Waals surface area contributed by atoms with Gasteiger partial charge in [0.15, 0.2) is 11.3 Å². The normalized spacial score (nSPS) is 9.78. The van der Waals surface area contributed by atoms with E-state index in [1.807, 2.05) is 42.5 Å². The molecule has 0 amide bonds. The van der Waals surface area contributed by atoms with Crippen LogP contribution in [0.25, 0.3) is 0 Å². The van der Waals surface area contributed by atoms with Gasteiger partial charge in [-0.3, -0.25) is 0 Å². The Labute approximate surface area is 113 Å². The lowest BCUT2D eigenvalue weighted by Crippen LogP contribution is -1.99. The molecular weight excluding hydrogens is 296 g/mol. The Morgan fingerprint density at radius 1 is 1.33 bits per heavy atom. The zero-order valence-electron chi connectivity index (χ0n) is 9.52. The standard InChI is InChI=1S/C13H11BrN2O2/c14-13-5-4-12(18-13)9-16-10-2-1-3-11(8-10)17-7-6-15/h1-5,8,16H,7,9H2. The molecule has 5 heteroatoms. The number of rotatable bonds is 5.